The van der Waals surface area contributed by atoms with Crippen LogP contribution in [0.5, 0.6) is 0 Å². The van der Waals surface area contributed by atoms with Gasteiger partial charge in [0.25, 0.3) is 5.56 Å². The third-order valence-corrected chi connectivity index (χ3v) is 2.60. The second-order valence-corrected chi connectivity index (χ2v) is 3.72. The van der Waals surface area contributed by atoms with Crippen molar-refractivity contribution in [3.63, 3.8) is 0 Å². The molecule has 8 heteroatoms. The van der Waals surface area contributed by atoms with E-state index in [-0.39, 0.29) is 12.6 Å². The summed E-state index contributed by atoms with van der Waals surface area (Å²) in [6, 6.07) is 1.27. The van der Waals surface area contributed by atoms with Gasteiger partial charge in [0.2, 0.25) is 0 Å². The monoisotopic (exact) mass is 237 g/mol. The summed E-state index contributed by atoms with van der Waals surface area (Å²) in [5.41, 5.74) is 7.26. The average molecular weight is 237 g/mol. The second-order valence-electron chi connectivity index (χ2n) is 3.72. The van der Waals surface area contributed by atoms with Crippen molar-refractivity contribution in [3.8, 4) is 0 Å². The SMILES string of the molecule is [N-]=[N+]=NCC1CCC(n2ccc(=O)[nH]c2=O)O1. The first-order valence-corrected chi connectivity index (χ1v) is 5.18. The Morgan fingerprint density at radius 3 is 3.12 bits per heavy atom. The van der Waals surface area contributed by atoms with Crippen LogP contribution < -0.4 is 11.2 Å². The molecule has 1 aliphatic rings. The molecule has 0 aromatic carbocycles. The van der Waals surface area contributed by atoms with Crippen molar-refractivity contribution in [2.45, 2.75) is 25.2 Å². The molecule has 1 aliphatic heterocycles. The molecular formula is C9H11N5O3. The minimum absolute atomic E-state index is 0.172. The molecule has 1 N–H and O–H groups in total. The van der Waals surface area contributed by atoms with Gasteiger partial charge in [0, 0.05) is 17.2 Å². The van der Waals surface area contributed by atoms with Crippen LogP contribution in [0.2, 0.25) is 0 Å². The van der Waals surface area contributed by atoms with Crippen molar-refractivity contribution in [1.82, 2.24) is 9.55 Å². The Labute approximate surface area is 95.5 Å². The van der Waals surface area contributed by atoms with Crippen molar-refractivity contribution in [1.29, 1.82) is 0 Å². The van der Waals surface area contributed by atoms with Crippen molar-refractivity contribution >= 4 is 0 Å². The Kier molecular flexibility index (Phi) is 3.27. The number of H-pyrrole nitrogens is 1. The van der Waals surface area contributed by atoms with Crippen LogP contribution in [0.15, 0.2) is 27.0 Å². The van der Waals surface area contributed by atoms with Gasteiger partial charge >= 0.3 is 5.69 Å². The summed E-state index contributed by atoms with van der Waals surface area (Å²) in [6.45, 7) is 0.255. The highest BCUT2D eigenvalue weighted by Gasteiger charge is 2.26. The molecular weight excluding hydrogens is 226 g/mol. The topological polar surface area (TPSA) is 113 Å². The minimum Gasteiger partial charge on any atom is -0.355 e. The Morgan fingerprint density at radius 1 is 1.59 bits per heavy atom. The fourth-order valence-electron chi connectivity index (χ4n) is 1.81. The van der Waals surface area contributed by atoms with Gasteiger partial charge in [-0.2, -0.15) is 0 Å². The lowest BCUT2D eigenvalue weighted by Crippen LogP contribution is -2.31. The first kappa shape index (κ1) is 11.4. The number of hydrogen-bond acceptors (Lipinski definition) is 4. The maximum absolute atomic E-state index is 11.5. The molecule has 0 spiro atoms. The summed E-state index contributed by atoms with van der Waals surface area (Å²) in [6.07, 6.45) is 2.20. The Hall–Kier alpha value is -2.05. The van der Waals surface area contributed by atoms with E-state index in [0.29, 0.717) is 6.42 Å². The van der Waals surface area contributed by atoms with Crippen LogP contribution in [0, 0.1) is 0 Å². The van der Waals surface area contributed by atoms with E-state index in [2.05, 4.69) is 15.0 Å². The predicted molar refractivity (Wildman–Crippen MR) is 58.5 cm³/mol. The third-order valence-electron chi connectivity index (χ3n) is 2.60. The molecule has 0 radical (unpaired) electrons. The van der Waals surface area contributed by atoms with Crippen LogP contribution in [0.4, 0.5) is 0 Å². The molecule has 1 aromatic rings. The van der Waals surface area contributed by atoms with Gasteiger partial charge in [-0.15, -0.1) is 0 Å². The second kappa shape index (κ2) is 4.86. The van der Waals surface area contributed by atoms with E-state index in [1.54, 1.807) is 0 Å². The van der Waals surface area contributed by atoms with Crippen LogP contribution in [0.3, 0.4) is 0 Å². The molecule has 1 fully saturated rings. The van der Waals surface area contributed by atoms with Gasteiger partial charge in [0.1, 0.15) is 6.23 Å². The third kappa shape index (κ3) is 2.55. The van der Waals surface area contributed by atoms with E-state index in [1.807, 2.05) is 0 Å². The summed E-state index contributed by atoms with van der Waals surface area (Å²) in [5.74, 6) is 0. The smallest absolute Gasteiger partial charge is 0.330 e. The molecule has 0 bridgehead atoms. The van der Waals surface area contributed by atoms with Crippen molar-refractivity contribution in [3.05, 3.63) is 43.5 Å². The molecule has 90 valence electrons. The van der Waals surface area contributed by atoms with Gasteiger partial charge in [-0.25, -0.2) is 4.79 Å². The van der Waals surface area contributed by atoms with Gasteiger partial charge < -0.3 is 4.74 Å². The average Bonchev–Trinajstić information content (AvgIpc) is 2.75. The fourth-order valence-corrected chi connectivity index (χ4v) is 1.81. The number of azide groups is 1. The van der Waals surface area contributed by atoms with Gasteiger partial charge in [-0.1, -0.05) is 5.11 Å². The number of aromatic nitrogens is 2. The Morgan fingerprint density at radius 2 is 2.41 bits per heavy atom. The van der Waals surface area contributed by atoms with Crippen LogP contribution in [-0.2, 0) is 4.74 Å². The molecule has 17 heavy (non-hydrogen) atoms. The Bertz CT molecular complexity index is 556. The number of rotatable bonds is 3. The van der Waals surface area contributed by atoms with Crippen molar-refractivity contribution in [2.75, 3.05) is 6.54 Å². The number of hydrogen-bond donors (Lipinski definition) is 1. The zero-order valence-electron chi connectivity index (χ0n) is 8.94. The van der Waals surface area contributed by atoms with Gasteiger partial charge in [0.15, 0.2) is 0 Å². The van der Waals surface area contributed by atoms with Crippen molar-refractivity contribution < 1.29 is 4.74 Å². The summed E-state index contributed by atoms with van der Waals surface area (Å²) in [7, 11) is 0. The summed E-state index contributed by atoms with van der Waals surface area (Å²) in [5, 5.41) is 3.43. The largest absolute Gasteiger partial charge is 0.355 e. The van der Waals surface area contributed by atoms with Gasteiger partial charge in [-0.3, -0.25) is 14.3 Å². The zero-order valence-corrected chi connectivity index (χ0v) is 8.94. The van der Waals surface area contributed by atoms with E-state index in [1.165, 1.54) is 16.8 Å². The van der Waals surface area contributed by atoms with E-state index < -0.39 is 17.5 Å². The lowest BCUT2D eigenvalue weighted by atomic mass is 10.2. The van der Waals surface area contributed by atoms with Crippen LogP contribution >= 0.6 is 0 Å². The normalized spacial score (nSPS) is 23.3. The minimum atomic E-state index is -0.494. The van der Waals surface area contributed by atoms with E-state index in [0.717, 1.165) is 6.42 Å². The molecule has 1 saturated heterocycles. The van der Waals surface area contributed by atoms with Crippen LogP contribution in [-0.4, -0.2) is 22.2 Å². The van der Waals surface area contributed by atoms with E-state index >= 15 is 0 Å². The first-order chi connectivity index (χ1) is 8.20. The number of aromatic amines is 1. The highest BCUT2D eigenvalue weighted by Crippen LogP contribution is 2.26. The molecule has 0 amide bonds. The molecule has 0 aliphatic carbocycles. The number of ether oxygens (including phenoxy) is 1. The molecule has 8 nitrogen and oxygen atoms in total. The number of nitrogens with zero attached hydrogens (tertiary/aromatic N) is 4. The molecule has 1 aromatic heterocycles. The fraction of sp³-hybridized carbons (Fsp3) is 0.556. The standard InChI is InChI=1S/C9H11N5O3/c10-13-11-5-6-1-2-8(17-6)14-4-3-7(15)12-9(14)16/h3-4,6,8H,1-2,5H2,(H,12,15,16). The van der Waals surface area contributed by atoms with Gasteiger partial charge in [-0.05, 0) is 18.4 Å². The lowest BCUT2D eigenvalue weighted by molar-refractivity contribution is 0.00366. The van der Waals surface area contributed by atoms with E-state index in [4.69, 9.17) is 10.3 Å². The maximum Gasteiger partial charge on any atom is 0.330 e. The lowest BCUT2D eigenvalue weighted by Gasteiger charge is -2.14. The highest BCUT2D eigenvalue weighted by atomic mass is 16.5. The molecule has 2 heterocycles. The summed E-state index contributed by atoms with van der Waals surface area (Å²) >= 11 is 0. The van der Waals surface area contributed by atoms with Crippen LogP contribution in [0.25, 0.3) is 10.4 Å². The number of nitrogens with one attached hydrogen (secondary N) is 1. The molecule has 2 unspecified atom stereocenters. The summed E-state index contributed by atoms with van der Waals surface area (Å²) < 4.78 is 6.88. The first-order valence-electron chi connectivity index (χ1n) is 5.18. The maximum atomic E-state index is 11.5. The van der Waals surface area contributed by atoms with Gasteiger partial charge in [0.05, 0.1) is 12.6 Å². The summed E-state index contributed by atoms with van der Waals surface area (Å²) in [4.78, 5) is 27.2. The predicted octanol–water partition coefficient (Wildman–Crippen LogP) is 0.524. The quantitative estimate of drug-likeness (QED) is 0.469. The molecule has 0 saturated carbocycles. The van der Waals surface area contributed by atoms with Crippen molar-refractivity contribution in [2.24, 2.45) is 5.11 Å². The molecule has 2 rings (SSSR count). The van der Waals surface area contributed by atoms with E-state index in [9.17, 15) is 9.59 Å². The Balaban J connectivity index is 2.12. The zero-order chi connectivity index (χ0) is 12.3. The highest BCUT2D eigenvalue weighted by molar-refractivity contribution is 4.86. The van der Waals surface area contributed by atoms with Crippen LogP contribution in [0.1, 0.15) is 19.1 Å². The molecule has 2 atom stereocenters.